The summed E-state index contributed by atoms with van der Waals surface area (Å²) in [6.45, 7) is 1.93. The third-order valence-corrected chi connectivity index (χ3v) is 6.71. The van der Waals surface area contributed by atoms with Crippen LogP contribution in [0, 0.1) is 0 Å². The van der Waals surface area contributed by atoms with Gasteiger partial charge in [-0.2, -0.15) is 0 Å². The van der Waals surface area contributed by atoms with Crippen molar-refractivity contribution in [2.45, 2.75) is 18.4 Å². The summed E-state index contributed by atoms with van der Waals surface area (Å²) >= 11 is 0. The number of fused-ring (bicyclic) bond motifs is 1. The minimum absolute atomic E-state index is 0.0334. The molecule has 35 heavy (non-hydrogen) atoms. The Hall–Kier alpha value is -4.24. The highest BCUT2D eigenvalue weighted by Gasteiger charge is 2.15. The Balaban J connectivity index is 1.58. The van der Waals surface area contributed by atoms with E-state index in [1.165, 1.54) is 19.1 Å². The topological polar surface area (TPSA) is 107 Å². The van der Waals surface area contributed by atoms with Gasteiger partial charge >= 0.3 is 0 Å². The number of Topliss-reactive ketones (excluding diaryl/α,β-unsaturated/α-hetero) is 1. The summed E-state index contributed by atoms with van der Waals surface area (Å²) in [5.74, 6) is 1.63. The maximum Gasteiger partial charge on any atom is 0.176 e. The number of sulfone groups is 1. The second-order valence-corrected chi connectivity index (χ2v) is 10.2. The molecule has 3 aromatic heterocycles. The molecule has 0 saturated heterocycles. The van der Waals surface area contributed by atoms with Crippen LogP contribution in [0.15, 0.2) is 84.0 Å². The second kappa shape index (κ2) is 8.84. The zero-order chi connectivity index (χ0) is 24.6. The lowest BCUT2D eigenvalue weighted by Gasteiger charge is -2.14. The normalized spacial score (nSPS) is 11.6. The van der Waals surface area contributed by atoms with Gasteiger partial charge in [0, 0.05) is 37.2 Å². The maximum absolute atomic E-state index is 12.1. The van der Waals surface area contributed by atoms with Crippen LogP contribution < -0.4 is 4.74 Å². The predicted octanol–water partition coefficient (Wildman–Crippen LogP) is 4.87. The van der Waals surface area contributed by atoms with Crippen LogP contribution in [-0.4, -0.2) is 40.0 Å². The van der Waals surface area contributed by atoms with Gasteiger partial charge in [0.1, 0.15) is 17.2 Å². The Bertz CT molecular complexity index is 1640. The van der Waals surface area contributed by atoms with Crippen LogP contribution in [0.1, 0.15) is 23.0 Å². The molecule has 0 aliphatic rings. The van der Waals surface area contributed by atoms with Crippen molar-refractivity contribution in [1.29, 1.82) is 0 Å². The summed E-state index contributed by atoms with van der Waals surface area (Å²) < 4.78 is 31.6. The van der Waals surface area contributed by atoms with Crippen molar-refractivity contribution in [1.82, 2.24) is 19.5 Å². The van der Waals surface area contributed by atoms with E-state index >= 15 is 0 Å². The lowest BCUT2D eigenvalue weighted by atomic mass is 10.1. The molecule has 2 aromatic carbocycles. The first-order valence-electron chi connectivity index (χ1n) is 10.9. The van der Waals surface area contributed by atoms with E-state index in [1.54, 1.807) is 24.4 Å². The van der Waals surface area contributed by atoms with Crippen LogP contribution in [0.4, 0.5) is 0 Å². The van der Waals surface area contributed by atoms with Gasteiger partial charge in [-0.15, -0.1) is 0 Å². The number of carbonyl (C=O) groups is 1. The number of pyridine rings is 1. The number of ether oxygens (including phenoxy) is 1. The Morgan fingerprint density at radius 1 is 1.06 bits per heavy atom. The number of carbonyl (C=O) groups excluding carboxylic acids is 1. The van der Waals surface area contributed by atoms with Crippen LogP contribution in [0.25, 0.3) is 22.6 Å². The molecule has 3 heterocycles. The van der Waals surface area contributed by atoms with Crippen molar-refractivity contribution in [3.05, 3.63) is 90.4 Å². The van der Waals surface area contributed by atoms with Crippen molar-refractivity contribution in [3.8, 4) is 23.0 Å². The van der Waals surface area contributed by atoms with Crippen LogP contribution in [-0.2, 0) is 16.4 Å². The Kier molecular flexibility index (Phi) is 5.70. The highest BCUT2D eigenvalue weighted by molar-refractivity contribution is 7.90. The summed E-state index contributed by atoms with van der Waals surface area (Å²) in [6, 6.07) is 19.2. The van der Waals surface area contributed by atoms with Crippen molar-refractivity contribution >= 4 is 26.7 Å². The Labute approximate surface area is 202 Å². The van der Waals surface area contributed by atoms with Gasteiger partial charge in [-0.25, -0.2) is 13.4 Å². The molecular formula is C26H22N4O4S. The first-order valence-corrected chi connectivity index (χ1v) is 12.8. The van der Waals surface area contributed by atoms with E-state index in [0.29, 0.717) is 40.8 Å². The Morgan fingerprint density at radius 2 is 1.86 bits per heavy atom. The summed E-state index contributed by atoms with van der Waals surface area (Å²) in [4.78, 5) is 24.6. The lowest BCUT2D eigenvalue weighted by Crippen LogP contribution is -2.07. The average Bonchev–Trinajstić information content (AvgIpc) is 3.46. The largest absolute Gasteiger partial charge is 0.457 e. The number of hydrogen-bond donors (Lipinski definition) is 1. The summed E-state index contributed by atoms with van der Waals surface area (Å²) in [7, 11) is -3.31. The van der Waals surface area contributed by atoms with Gasteiger partial charge in [-0.05, 0) is 54.6 Å². The molecule has 0 bridgehead atoms. The minimum atomic E-state index is -3.31. The van der Waals surface area contributed by atoms with Crippen LogP contribution in [0.3, 0.4) is 0 Å². The highest BCUT2D eigenvalue weighted by atomic mass is 32.2. The van der Waals surface area contributed by atoms with Gasteiger partial charge in [0.25, 0.3) is 0 Å². The number of aromatic nitrogens is 4. The van der Waals surface area contributed by atoms with E-state index in [-0.39, 0.29) is 10.7 Å². The minimum Gasteiger partial charge on any atom is -0.457 e. The molecule has 0 amide bonds. The molecule has 9 heteroatoms. The smallest absolute Gasteiger partial charge is 0.176 e. The summed E-state index contributed by atoms with van der Waals surface area (Å²) in [5, 5.41) is 0. The molecule has 0 aliphatic carbocycles. The summed E-state index contributed by atoms with van der Waals surface area (Å²) in [6.07, 6.45) is 4.71. The number of hydrogen-bond acceptors (Lipinski definition) is 6. The maximum atomic E-state index is 12.1. The number of nitrogens with zero attached hydrogens (tertiary/aromatic N) is 3. The van der Waals surface area contributed by atoms with Gasteiger partial charge < -0.3 is 14.3 Å². The molecule has 0 fully saturated rings. The highest BCUT2D eigenvalue weighted by Crippen LogP contribution is 2.32. The molecule has 5 aromatic rings. The number of imidazole rings is 1. The number of H-pyrrole nitrogens is 1. The fourth-order valence-corrected chi connectivity index (χ4v) is 4.49. The fraction of sp³-hybridized carbons (Fsp3) is 0.115. The van der Waals surface area contributed by atoms with Gasteiger partial charge in [0.15, 0.2) is 21.4 Å². The first-order chi connectivity index (χ1) is 16.8. The quantitative estimate of drug-likeness (QED) is 0.329. The Morgan fingerprint density at radius 3 is 2.54 bits per heavy atom. The molecule has 1 N–H and O–H groups in total. The van der Waals surface area contributed by atoms with Crippen LogP contribution in [0.2, 0.25) is 0 Å². The van der Waals surface area contributed by atoms with Crippen molar-refractivity contribution in [2.75, 3.05) is 6.26 Å². The molecule has 0 aliphatic heterocycles. The molecule has 8 nitrogen and oxygen atoms in total. The SMILES string of the molecule is CC(=O)c1cccn1Cc1cc2[nH]c(-c3ccccn3)nc2cc1Oc1ccc(S(C)(=O)=O)cc1. The number of aromatic amines is 1. The third kappa shape index (κ3) is 4.71. The fourth-order valence-electron chi connectivity index (χ4n) is 3.86. The van der Waals surface area contributed by atoms with Gasteiger partial charge in [0.05, 0.1) is 28.2 Å². The van der Waals surface area contributed by atoms with E-state index in [4.69, 9.17) is 4.74 Å². The molecule has 0 atom stereocenters. The molecule has 0 saturated carbocycles. The molecular weight excluding hydrogens is 464 g/mol. The van der Waals surface area contributed by atoms with Gasteiger partial charge in [-0.3, -0.25) is 9.78 Å². The lowest BCUT2D eigenvalue weighted by molar-refractivity contribution is 0.100. The van der Waals surface area contributed by atoms with E-state index in [9.17, 15) is 13.2 Å². The molecule has 176 valence electrons. The van der Waals surface area contributed by atoms with E-state index in [0.717, 1.165) is 17.3 Å². The van der Waals surface area contributed by atoms with Gasteiger partial charge in [0.2, 0.25) is 0 Å². The summed E-state index contributed by atoms with van der Waals surface area (Å²) in [5.41, 5.74) is 3.62. The van der Waals surface area contributed by atoms with Gasteiger partial charge in [-0.1, -0.05) is 6.07 Å². The standard InChI is InChI=1S/C26H22N4O4S/c1-17(31)24-7-5-13-30(24)16-18-14-22-23(29-26(28-22)21-6-3-4-12-27-21)15-25(18)34-19-8-10-20(11-9-19)35(2,32)33/h3-15H,16H2,1-2H3,(H,28,29). The molecule has 0 unspecified atom stereocenters. The second-order valence-electron chi connectivity index (χ2n) is 8.20. The number of rotatable bonds is 7. The number of benzene rings is 2. The zero-order valence-corrected chi connectivity index (χ0v) is 19.9. The van der Waals surface area contributed by atoms with E-state index in [2.05, 4.69) is 15.0 Å². The first kappa shape index (κ1) is 22.5. The zero-order valence-electron chi connectivity index (χ0n) is 19.1. The van der Waals surface area contributed by atoms with Crippen molar-refractivity contribution in [2.24, 2.45) is 0 Å². The van der Waals surface area contributed by atoms with E-state index < -0.39 is 9.84 Å². The monoisotopic (exact) mass is 486 g/mol. The number of nitrogens with one attached hydrogen (secondary N) is 1. The molecule has 0 spiro atoms. The van der Waals surface area contributed by atoms with Crippen molar-refractivity contribution < 1.29 is 17.9 Å². The van der Waals surface area contributed by atoms with Crippen LogP contribution in [0.5, 0.6) is 11.5 Å². The number of ketones is 1. The molecule has 0 radical (unpaired) electrons. The van der Waals surface area contributed by atoms with E-state index in [1.807, 2.05) is 47.2 Å². The van der Waals surface area contributed by atoms with Crippen molar-refractivity contribution in [3.63, 3.8) is 0 Å². The third-order valence-electron chi connectivity index (χ3n) is 5.58. The predicted molar refractivity (Wildman–Crippen MR) is 132 cm³/mol. The molecule has 5 rings (SSSR count). The average molecular weight is 487 g/mol. The van der Waals surface area contributed by atoms with Crippen LogP contribution >= 0.6 is 0 Å².